The molecule has 0 saturated heterocycles. The lowest BCUT2D eigenvalue weighted by Crippen LogP contribution is -2.26. The lowest BCUT2D eigenvalue weighted by molar-refractivity contribution is 0.0951. The zero-order valence-corrected chi connectivity index (χ0v) is 16.2. The molecule has 0 aliphatic rings. The molecule has 26 heavy (non-hydrogen) atoms. The Kier molecular flexibility index (Phi) is 6.80. The van der Waals surface area contributed by atoms with Crippen LogP contribution in [0, 0.1) is 0 Å². The summed E-state index contributed by atoms with van der Waals surface area (Å²) in [5, 5.41) is 2.75. The first kappa shape index (κ1) is 20.0. The average molecular weight is 375 g/mol. The molecular weight excluding hydrogens is 350 g/mol. The summed E-state index contributed by atoms with van der Waals surface area (Å²) >= 11 is 0. The first-order valence-electron chi connectivity index (χ1n) is 8.59. The summed E-state index contributed by atoms with van der Waals surface area (Å²) in [6.07, 6.45) is 1.56. The van der Waals surface area contributed by atoms with Gasteiger partial charge < -0.3 is 10.1 Å². The molecule has 0 spiro atoms. The van der Waals surface area contributed by atoms with E-state index in [2.05, 4.69) is 19.2 Å². The van der Waals surface area contributed by atoms with E-state index in [0.717, 1.165) is 11.3 Å². The molecule has 1 amide bonds. The third-order valence-electron chi connectivity index (χ3n) is 3.87. The second-order valence-electron chi connectivity index (χ2n) is 6.53. The second-order valence-corrected chi connectivity index (χ2v) is 8.79. The van der Waals surface area contributed by atoms with E-state index in [1.807, 2.05) is 30.3 Å². The van der Waals surface area contributed by atoms with Gasteiger partial charge in [-0.05, 0) is 36.1 Å². The van der Waals surface area contributed by atoms with E-state index in [1.54, 1.807) is 18.2 Å². The Morgan fingerprint density at radius 3 is 2.31 bits per heavy atom. The van der Waals surface area contributed by atoms with Gasteiger partial charge in [-0.2, -0.15) is 0 Å². The highest BCUT2D eigenvalue weighted by Gasteiger charge is 2.15. The summed E-state index contributed by atoms with van der Waals surface area (Å²) < 4.78 is 28.3. The van der Waals surface area contributed by atoms with Crippen LogP contribution in [0.2, 0.25) is 0 Å². The molecular formula is C20H25NO4S. The molecule has 0 atom stereocenters. The minimum Gasteiger partial charge on any atom is -0.456 e. The van der Waals surface area contributed by atoms with E-state index in [4.69, 9.17) is 4.74 Å². The van der Waals surface area contributed by atoms with Gasteiger partial charge in [0, 0.05) is 12.8 Å². The Morgan fingerprint density at radius 2 is 1.65 bits per heavy atom. The minimum atomic E-state index is -3.02. The Morgan fingerprint density at radius 1 is 1.04 bits per heavy atom. The van der Waals surface area contributed by atoms with Crippen LogP contribution >= 0.6 is 0 Å². The molecule has 0 aliphatic heterocycles. The van der Waals surface area contributed by atoms with Gasteiger partial charge in [-0.1, -0.05) is 44.2 Å². The van der Waals surface area contributed by atoms with Crippen LogP contribution in [0.15, 0.2) is 48.5 Å². The summed E-state index contributed by atoms with van der Waals surface area (Å²) in [5.74, 6) is 1.26. The van der Waals surface area contributed by atoms with Crippen molar-refractivity contribution in [3.05, 3.63) is 59.7 Å². The number of hydrogen-bond acceptors (Lipinski definition) is 4. The minimum absolute atomic E-state index is 0.0488. The fourth-order valence-corrected chi connectivity index (χ4v) is 3.21. The smallest absolute Gasteiger partial charge is 0.255 e. The number of carbonyl (C=O) groups excluding carboxylic acids is 1. The standard InChI is InChI=1S/C20H25NO4S/c1-15(2)16-9-4-6-11-18(16)25-19-12-7-5-10-17(19)20(22)21-13-8-14-26(3,23)24/h4-7,9-12,15H,8,13-14H2,1-3H3,(H,21,22). The Labute approximate surface area is 155 Å². The highest BCUT2D eigenvalue weighted by Crippen LogP contribution is 2.31. The van der Waals surface area contributed by atoms with Crippen LogP contribution in [0.3, 0.4) is 0 Å². The molecule has 5 nitrogen and oxygen atoms in total. The molecule has 6 heteroatoms. The summed E-state index contributed by atoms with van der Waals surface area (Å²) in [6.45, 7) is 4.47. The quantitative estimate of drug-likeness (QED) is 0.713. The van der Waals surface area contributed by atoms with E-state index in [0.29, 0.717) is 30.2 Å². The Hall–Kier alpha value is -2.34. The van der Waals surface area contributed by atoms with Crippen molar-refractivity contribution in [2.75, 3.05) is 18.6 Å². The van der Waals surface area contributed by atoms with Crippen molar-refractivity contribution < 1.29 is 17.9 Å². The maximum Gasteiger partial charge on any atom is 0.255 e. The van der Waals surface area contributed by atoms with E-state index in [1.165, 1.54) is 6.26 Å². The number of hydrogen-bond donors (Lipinski definition) is 1. The van der Waals surface area contributed by atoms with E-state index in [-0.39, 0.29) is 11.7 Å². The highest BCUT2D eigenvalue weighted by atomic mass is 32.2. The van der Waals surface area contributed by atoms with Crippen molar-refractivity contribution in [1.82, 2.24) is 5.32 Å². The molecule has 1 N–H and O–H groups in total. The van der Waals surface area contributed by atoms with Crippen molar-refractivity contribution in [2.45, 2.75) is 26.2 Å². The maximum absolute atomic E-state index is 12.5. The van der Waals surface area contributed by atoms with Gasteiger partial charge >= 0.3 is 0 Å². The van der Waals surface area contributed by atoms with Crippen molar-refractivity contribution in [3.8, 4) is 11.5 Å². The summed E-state index contributed by atoms with van der Waals surface area (Å²) in [4.78, 5) is 12.5. The molecule has 0 heterocycles. The van der Waals surface area contributed by atoms with Crippen LogP contribution in [0.5, 0.6) is 11.5 Å². The molecule has 2 aromatic rings. The molecule has 0 aromatic heterocycles. The fraction of sp³-hybridized carbons (Fsp3) is 0.350. The first-order chi connectivity index (χ1) is 12.3. The Balaban J connectivity index is 2.12. The topological polar surface area (TPSA) is 72.5 Å². The average Bonchev–Trinajstić information content (AvgIpc) is 2.58. The molecule has 0 aliphatic carbocycles. The predicted molar refractivity (Wildman–Crippen MR) is 104 cm³/mol. The highest BCUT2D eigenvalue weighted by molar-refractivity contribution is 7.90. The number of carbonyl (C=O) groups is 1. The van der Waals surface area contributed by atoms with Gasteiger partial charge in [0.25, 0.3) is 5.91 Å². The maximum atomic E-state index is 12.5. The molecule has 2 rings (SSSR count). The zero-order valence-electron chi connectivity index (χ0n) is 15.4. The number of sulfone groups is 1. The number of rotatable bonds is 8. The predicted octanol–water partition coefficient (Wildman–Crippen LogP) is 3.77. The lowest BCUT2D eigenvalue weighted by Gasteiger charge is -2.15. The first-order valence-corrected chi connectivity index (χ1v) is 10.7. The van der Waals surface area contributed by atoms with Gasteiger partial charge in [-0.15, -0.1) is 0 Å². The lowest BCUT2D eigenvalue weighted by atomic mass is 10.0. The van der Waals surface area contributed by atoms with Gasteiger partial charge in [0.15, 0.2) is 0 Å². The number of amides is 1. The molecule has 0 radical (unpaired) electrons. The number of ether oxygens (including phenoxy) is 1. The third-order valence-corrected chi connectivity index (χ3v) is 4.90. The zero-order chi connectivity index (χ0) is 19.2. The number of benzene rings is 2. The van der Waals surface area contributed by atoms with Gasteiger partial charge in [-0.25, -0.2) is 8.42 Å². The van der Waals surface area contributed by atoms with E-state index in [9.17, 15) is 13.2 Å². The van der Waals surface area contributed by atoms with Gasteiger partial charge in [0.2, 0.25) is 0 Å². The van der Waals surface area contributed by atoms with Crippen LogP contribution in [0.4, 0.5) is 0 Å². The van der Waals surface area contributed by atoms with Crippen molar-refractivity contribution in [2.24, 2.45) is 0 Å². The second kappa shape index (κ2) is 8.85. The van der Waals surface area contributed by atoms with Crippen LogP contribution < -0.4 is 10.1 Å². The molecule has 140 valence electrons. The largest absolute Gasteiger partial charge is 0.456 e. The van der Waals surface area contributed by atoms with Gasteiger partial charge in [0.05, 0.1) is 11.3 Å². The molecule has 0 saturated carbocycles. The molecule has 0 unspecified atom stereocenters. The van der Waals surface area contributed by atoms with Crippen LogP contribution in [0.1, 0.15) is 42.1 Å². The van der Waals surface area contributed by atoms with Crippen LogP contribution in [-0.2, 0) is 9.84 Å². The van der Waals surface area contributed by atoms with Crippen LogP contribution in [0.25, 0.3) is 0 Å². The van der Waals surface area contributed by atoms with Crippen molar-refractivity contribution >= 4 is 15.7 Å². The third kappa shape index (κ3) is 5.88. The van der Waals surface area contributed by atoms with Gasteiger partial charge in [0.1, 0.15) is 21.3 Å². The number of para-hydroxylation sites is 2. The fourth-order valence-electron chi connectivity index (χ4n) is 2.54. The summed E-state index contributed by atoms with van der Waals surface area (Å²) in [5.41, 5.74) is 1.49. The number of nitrogens with one attached hydrogen (secondary N) is 1. The molecule has 0 bridgehead atoms. The van der Waals surface area contributed by atoms with Crippen molar-refractivity contribution in [1.29, 1.82) is 0 Å². The molecule has 0 fully saturated rings. The van der Waals surface area contributed by atoms with E-state index < -0.39 is 9.84 Å². The molecule has 2 aromatic carbocycles. The normalized spacial score (nSPS) is 11.4. The summed E-state index contributed by atoms with van der Waals surface area (Å²) in [7, 11) is -3.02. The van der Waals surface area contributed by atoms with Crippen LogP contribution in [-0.4, -0.2) is 32.9 Å². The van der Waals surface area contributed by atoms with Gasteiger partial charge in [-0.3, -0.25) is 4.79 Å². The monoisotopic (exact) mass is 375 g/mol. The van der Waals surface area contributed by atoms with Crippen molar-refractivity contribution in [3.63, 3.8) is 0 Å². The van der Waals surface area contributed by atoms with E-state index >= 15 is 0 Å². The SMILES string of the molecule is CC(C)c1ccccc1Oc1ccccc1C(=O)NCCCS(C)(=O)=O. The Bertz CT molecular complexity index is 860. The summed E-state index contributed by atoms with van der Waals surface area (Å²) in [6, 6.07) is 14.8.